The molecular formula is C21H15FN4O3S. The van der Waals surface area contributed by atoms with Crippen molar-refractivity contribution in [2.24, 2.45) is 0 Å². The van der Waals surface area contributed by atoms with Gasteiger partial charge in [-0.2, -0.15) is 0 Å². The van der Waals surface area contributed by atoms with Crippen LogP contribution in [-0.4, -0.2) is 26.3 Å². The van der Waals surface area contributed by atoms with Crippen molar-refractivity contribution in [1.29, 1.82) is 0 Å². The second-order valence-electron chi connectivity index (χ2n) is 6.62. The van der Waals surface area contributed by atoms with Crippen molar-refractivity contribution in [3.63, 3.8) is 0 Å². The van der Waals surface area contributed by atoms with Crippen molar-refractivity contribution >= 4 is 22.9 Å². The SMILES string of the molecule is O=c1c2nccnc2nc(SCc2cccc(F)c2)n1Cc1ccc2c(c1)OCO2. The lowest BCUT2D eigenvalue weighted by atomic mass is 10.2. The summed E-state index contributed by atoms with van der Waals surface area (Å²) >= 11 is 1.34. The summed E-state index contributed by atoms with van der Waals surface area (Å²) in [4.78, 5) is 26.0. The van der Waals surface area contributed by atoms with Gasteiger partial charge in [-0.25, -0.2) is 19.3 Å². The topological polar surface area (TPSA) is 79.1 Å². The Hall–Kier alpha value is -3.46. The average Bonchev–Trinajstić information content (AvgIpc) is 3.22. The number of halogens is 1. The van der Waals surface area contributed by atoms with Crippen LogP contribution in [0.5, 0.6) is 11.5 Å². The first-order valence-electron chi connectivity index (χ1n) is 9.15. The van der Waals surface area contributed by atoms with Crippen LogP contribution < -0.4 is 15.0 Å². The number of nitrogens with zero attached hydrogens (tertiary/aromatic N) is 4. The fourth-order valence-corrected chi connectivity index (χ4v) is 4.10. The van der Waals surface area contributed by atoms with E-state index in [0.29, 0.717) is 22.4 Å². The third-order valence-electron chi connectivity index (χ3n) is 4.59. The minimum absolute atomic E-state index is 0.181. The van der Waals surface area contributed by atoms with E-state index in [9.17, 15) is 9.18 Å². The summed E-state index contributed by atoms with van der Waals surface area (Å²) in [6, 6.07) is 11.9. The minimum atomic E-state index is -0.303. The lowest BCUT2D eigenvalue weighted by Gasteiger charge is -2.13. The van der Waals surface area contributed by atoms with E-state index in [0.717, 1.165) is 11.1 Å². The average molecular weight is 422 g/mol. The lowest BCUT2D eigenvalue weighted by molar-refractivity contribution is 0.174. The van der Waals surface area contributed by atoms with E-state index in [1.54, 1.807) is 10.6 Å². The Balaban J connectivity index is 1.53. The molecule has 0 radical (unpaired) electrons. The highest BCUT2D eigenvalue weighted by Gasteiger charge is 2.17. The standard InChI is InChI=1S/C21H15FN4O3S/c22-15-3-1-2-14(8-15)11-30-21-25-19-18(23-6-7-24-19)20(27)26(21)10-13-4-5-16-17(9-13)29-12-28-16/h1-9H,10-12H2. The summed E-state index contributed by atoms with van der Waals surface area (Å²) in [5.41, 5.74) is 1.86. The van der Waals surface area contributed by atoms with Crippen molar-refractivity contribution in [3.05, 3.63) is 82.2 Å². The van der Waals surface area contributed by atoms with Crippen LogP contribution in [0.1, 0.15) is 11.1 Å². The van der Waals surface area contributed by atoms with Crippen LogP contribution in [0.2, 0.25) is 0 Å². The minimum Gasteiger partial charge on any atom is -0.454 e. The summed E-state index contributed by atoms with van der Waals surface area (Å²) < 4.78 is 25.9. The van der Waals surface area contributed by atoms with Gasteiger partial charge in [0.25, 0.3) is 5.56 Å². The summed E-state index contributed by atoms with van der Waals surface area (Å²) in [5, 5.41) is 0.481. The smallest absolute Gasteiger partial charge is 0.282 e. The molecule has 1 aliphatic heterocycles. The summed E-state index contributed by atoms with van der Waals surface area (Å²) in [6.45, 7) is 0.459. The van der Waals surface area contributed by atoms with Gasteiger partial charge in [-0.3, -0.25) is 9.36 Å². The second kappa shape index (κ2) is 7.75. The number of aromatic nitrogens is 4. The van der Waals surface area contributed by atoms with Crippen LogP contribution >= 0.6 is 11.8 Å². The zero-order valence-corrected chi connectivity index (χ0v) is 16.4. The van der Waals surface area contributed by atoms with Gasteiger partial charge >= 0.3 is 0 Å². The number of fused-ring (bicyclic) bond motifs is 2. The van der Waals surface area contributed by atoms with Crippen LogP contribution in [0.3, 0.4) is 0 Å². The third-order valence-corrected chi connectivity index (χ3v) is 5.64. The fraction of sp³-hybridized carbons (Fsp3) is 0.143. The monoisotopic (exact) mass is 422 g/mol. The van der Waals surface area contributed by atoms with E-state index >= 15 is 0 Å². The molecular weight excluding hydrogens is 407 g/mol. The Labute approximate surface area is 174 Å². The second-order valence-corrected chi connectivity index (χ2v) is 7.56. The van der Waals surface area contributed by atoms with Gasteiger partial charge in [0.05, 0.1) is 6.54 Å². The number of hydrogen-bond donors (Lipinski definition) is 0. The van der Waals surface area contributed by atoms with Crippen molar-refractivity contribution < 1.29 is 13.9 Å². The molecule has 3 heterocycles. The Kier molecular flexibility index (Phi) is 4.80. The zero-order chi connectivity index (χ0) is 20.5. The van der Waals surface area contributed by atoms with Crippen molar-refractivity contribution in [3.8, 4) is 11.5 Å². The number of rotatable bonds is 5. The van der Waals surface area contributed by atoms with Crippen LogP contribution in [0.15, 0.2) is 64.8 Å². The molecule has 0 saturated heterocycles. The number of ether oxygens (including phenoxy) is 2. The fourth-order valence-electron chi connectivity index (χ4n) is 3.18. The highest BCUT2D eigenvalue weighted by molar-refractivity contribution is 7.98. The van der Waals surface area contributed by atoms with Gasteiger partial charge in [-0.1, -0.05) is 30.0 Å². The van der Waals surface area contributed by atoms with Crippen LogP contribution in [0.25, 0.3) is 11.2 Å². The maximum absolute atomic E-state index is 13.5. The van der Waals surface area contributed by atoms with Gasteiger partial charge in [-0.15, -0.1) is 0 Å². The predicted octanol–water partition coefficient (Wildman–Crippen LogP) is 3.39. The molecule has 1 aliphatic rings. The molecule has 2 aromatic heterocycles. The van der Waals surface area contributed by atoms with Crippen LogP contribution in [0.4, 0.5) is 4.39 Å². The molecule has 0 amide bonds. The van der Waals surface area contributed by atoms with E-state index in [1.807, 2.05) is 24.3 Å². The zero-order valence-electron chi connectivity index (χ0n) is 15.6. The van der Waals surface area contributed by atoms with Crippen molar-refractivity contribution in [1.82, 2.24) is 19.5 Å². The van der Waals surface area contributed by atoms with Gasteiger partial charge in [-0.05, 0) is 35.4 Å². The summed E-state index contributed by atoms with van der Waals surface area (Å²) in [6.07, 6.45) is 2.97. The largest absolute Gasteiger partial charge is 0.454 e. The Bertz CT molecular complexity index is 1310. The van der Waals surface area contributed by atoms with Crippen molar-refractivity contribution in [2.45, 2.75) is 17.5 Å². The molecule has 0 fully saturated rings. The molecule has 0 N–H and O–H groups in total. The number of thioether (sulfide) groups is 1. The van der Waals surface area contributed by atoms with Crippen LogP contribution in [0, 0.1) is 5.82 Å². The molecule has 0 spiro atoms. The van der Waals surface area contributed by atoms with Gasteiger partial charge in [0.2, 0.25) is 6.79 Å². The predicted molar refractivity (Wildman–Crippen MR) is 109 cm³/mol. The molecule has 9 heteroatoms. The molecule has 0 atom stereocenters. The third kappa shape index (κ3) is 3.59. The van der Waals surface area contributed by atoms with E-state index < -0.39 is 0 Å². The highest BCUT2D eigenvalue weighted by Crippen LogP contribution is 2.33. The lowest BCUT2D eigenvalue weighted by Crippen LogP contribution is -2.25. The molecule has 30 heavy (non-hydrogen) atoms. The molecule has 0 bridgehead atoms. The number of benzene rings is 2. The van der Waals surface area contributed by atoms with Gasteiger partial charge in [0.1, 0.15) is 5.82 Å². The van der Waals surface area contributed by atoms with E-state index in [-0.39, 0.29) is 35.9 Å². The molecule has 5 rings (SSSR count). The first-order chi connectivity index (χ1) is 14.7. The Morgan fingerprint density at radius 1 is 1.03 bits per heavy atom. The van der Waals surface area contributed by atoms with E-state index in [2.05, 4.69) is 15.0 Å². The van der Waals surface area contributed by atoms with E-state index in [1.165, 1.54) is 36.3 Å². The van der Waals surface area contributed by atoms with Gasteiger partial charge in [0, 0.05) is 18.1 Å². The van der Waals surface area contributed by atoms with Crippen molar-refractivity contribution in [2.75, 3.05) is 6.79 Å². The van der Waals surface area contributed by atoms with Gasteiger partial charge in [0.15, 0.2) is 27.8 Å². The number of hydrogen-bond acceptors (Lipinski definition) is 7. The first-order valence-corrected chi connectivity index (χ1v) is 10.1. The normalized spacial score (nSPS) is 12.4. The molecule has 0 saturated carbocycles. The van der Waals surface area contributed by atoms with Gasteiger partial charge < -0.3 is 9.47 Å². The first kappa shape index (κ1) is 18.6. The van der Waals surface area contributed by atoms with Crippen LogP contribution in [-0.2, 0) is 12.3 Å². The molecule has 7 nitrogen and oxygen atoms in total. The molecule has 4 aromatic rings. The molecule has 0 aliphatic carbocycles. The highest BCUT2D eigenvalue weighted by atomic mass is 32.2. The van der Waals surface area contributed by atoms with E-state index in [4.69, 9.17) is 9.47 Å². The quantitative estimate of drug-likeness (QED) is 0.360. The molecule has 2 aromatic carbocycles. The maximum atomic E-state index is 13.5. The Morgan fingerprint density at radius 3 is 2.80 bits per heavy atom. The Morgan fingerprint density at radius 2 is 1.90 bits per heavy atom. The summed E-state index contributed by atoms with van der Waals surface area (Å²) in [7, 11) is 0. The molecule has 150 valence electrons. The summed E-state index contributed by atoms with van der Waals surface area (Å²) in [5.74, 6) is 1.47. The maximum Gasteiger partial charge on any atom is 0.282 e. The molecule has 0 unspecified atom stereocenters.